The molecule has 2 rings (SSSR count). The first-order valence-electron chi connectivity index (χ1n) is 5.97. The van der Waals surface area contributed by atoms with E-state index in [1.165, 1.54) is 5.56 Å². The van der Waals surface area contributed by atoms with E-state index in [9.17, 15) is 5.11 Å². The van der Waals surface area contributed by atoms with Crippen LogP contribution in [0.25, 0.3) is 0 Å². The number of hydrogen-bond acceptors (Lipinski definition) is 4. The van der Waals surface area contributed by atoms with Crippen molar-refractivity contribution in [3.05, 3.63) is 23.8 Å². The minimum atomic E-state index is -0.453. The minimum absolute atomic E-state index is 0.198. The molecule has 17 heavy (non-hydrogen) atoms. The van der Waals surface area contributed by atoms with E-state index >= 15 is 0 Å². The minimum Gasteiger partial charge on any atom is -0.493 e. The second-order valence-corrected chi connectivity index (χ2v) is 4.22. The summed E-state index contributed by atoms with van der Waals surface area (Å²) >= 11 is 0. The second-order valence-electron chi connectivity index (χ2n) is 4.22. The van der Waals surface area contributed by atoms with Gasteiger partial charge in [0.05, 0.1) is 7.11 Å². The topological polar surface area (TPSA) is 50.7 Å². The highest BCUT2D eigenvalue weighted by Crippen LogP contribution is 2.29. The third kappa shape index (κ3) is 2.70. The zero-order chi connectivity index (χ0) is 12.3. The van der Waals surface area contributed by atoms with E-state index in [0.717, 1.165) is 12.2 Å². The van der Waals surface area contributed by atoms with Gasteiger partial charge in [0.2, 0.25) is 0 Å². The van der Waals surface area contributed by atoms with Gasteiger partial charge in [-0.05, 0) is 24.1 Å². The lowest BCUT2D eigenvalue weighted by atomic mass is 10.1. The Morgan fingerprint density at radius 1 is 1.35 bits per heavy atom. The van der Waals surface area contributed by atoms with E-state index in [-0.39, 0.29) is 6.10 Å². The summed E-state index contributed by atoms with van der Waals surface area (Å²) in [6, 6.07) is 5.90. The second kappa shape index (κ2) is 5.38. The molecule has 4 heteroatoms. The van der Waals surface area contributed by atoms with E-state index in [2.05, 4.69) is 12.2 Å². The van der Waals surface area contributed by atoms with Crippen LogP contribution in [-0.2, 0) is 6.42 Å². The Labute approximate surface area is 102 Å². The predicted molar refractivity (Wildman–Crippen MR) is 65.7 cm³/mol. The summed E-state index contributed by atoms with van der Waals surface area (Å²) in [7, 11) is 1.63. The summed E-state index contributed by atoms with van der Waals surface area (Å²) in [5.41, 5.74) is 1.21. The van der Waals surface area contributed by atoms with Crippen LogP contribution in [0.4, 0.5) is 0 Å². The number of methoxy groups -OCH3 is 1. The molecular formula is C13H19NO3. The SMILES string of the molecule is CCc1ccc(OC2CNCC2O)c(OC)c1. The number of nitrogens with one attached hydrogen (secondary N) is 1. The highest BCUT2D eigenvalue weighted by Gasteiger charge is 2.27. The van der Waals surface area contributed by atoms with Crippen LogP contribution in [0.1, 0.15) is 12.5 Å². The van der Waals surface area contributed by atoms with Crippen LogP contribution in [0.15, 0.2) is 18.2 Å². The molecule has 0 aliphatic carbocycles. The average Bonchev–Trinajstić information content (AvgIpc) is 2.75. The molecule has 1 aromatic rings. The van der Waals surface area contributed by atoms with Crippen molar-refractivity contribution in [2.45, 2.75) is 25.6 Å². The standard InChI is InChI=1S/C13H19NO3/c1-3-9-4-5-11(12(6-9)16-2)17-13-8-14-7-10(13)15/h4-6,10,13-15H,3,7-8H2,1-2H3. The Morgan fingerprint density at radius 2 is 2.18 bits per heavy atom. The van der Waals surface area contributed by atoms with E-state index in [4.69, 9.17) is 9.47 Å². The lowest BCUT2D eigenvalue weighted by molar-refractivity contribution is 0.0718. The van der Waals surface area contributed by atoms with E-state index < -0.39 is 6.10 Å². The Morgan fingerprint density at radius 3 is 2.76 bits per heavy atom. The molecule has 2 N–H and O–H groups in total. The number of aliphatic hydroxyl groups excluding tert-OH is 1. The zero-order valence-electron chi connectivity index (χ0n) is 10.3. The van der Waals surface area contributed by atoms with Crippen molar-refractivity contribution < 1.29 is 14.6 Å². The maximum atomic E-state index is 9.69. The number of benzene rings is 1. The molecule has 2 unspecified atom stereocenters. The smallest absolute Gasteiger partial charge is 0.161 e. The van der Waals surface area contributed by atoms with Crippen molar-refractivity contribution in [1.82, 2.24) is 5.32 Å². The first kappa shape index (κ1) is 12.2. The average molecular weight is 237 g/mol. The number of hydrogen-bond donors (Lipinski definition) is 2. The Balaban J connectivity index is 2.14. The molecule has 0 bridgehead atoms. The van der Waals surface area contributed by atoms with Crippen LogP contribution in [0, 0.1) is 0 Å². The molecule has 0 amide bonds. The van der Waals surface area contributed by atoms with Gasteiger partial charge >= 0.3 is 0 Å². The van der Waals surface area contributed by atoms with Crippen molar-refractivity contribution in [1.29, 1.82) is 0 Å². The first-order chi connectivity index (χ1) is 8.24. The van der Waals surface area contributed by atoms with E-state index in [1.807, 2.05) is 18.2 Å². The number of aliphatic hydroxyl groups is 1. The van der Waals surface area contributed by atoms with Crippen molar-refractivity contribution in [2.24, 2.45) is 0 Å². The van der Waals surface area contributed by atoms with Crippen molar-refractivity contribution in [2.75, 3.05) is 20.2 Å². The number of rotatable bonds is 4. The third-order valence-corrected chi connectivity index (χ3v) is 3.04. The molecule has 0 radical (unpaired) electrons. The fraction of sp³-hybridized carbons (Fsp3) is 0.538. The summed E-state index contributed by atoms with van der Waals surface area (Å²) in [6.45, 7) is 3.35. The number of aryl methyl sites for hydroxylation is 1. The van der Waals surface area contributed by atoms with E-state index in [0.29, 0.717) is 18.8 Å². The van der Waals surface area contributed by atoms with Crippen molar-refractivity contribution >= 4 is 0 Å². The summed E-state index contributed by atoms with van der Waals surface area (Å²) in [4.78, 5) is 0. The molecule has 1 saturated heterocycles. The van der Waals surface area contributed by atoms with Gasteiger partial charge < -0.3 is 19.9 Å². The molecule has 0 spiro atoms. The monoisotopic (exact) mass is 237 g/mol. The molecule has 2 atom stereocenters. The fourth-order valence-corrected chi connectivity index (χ4v) is 1.95. The van der Waals surface area contributed by atoms with Crippen LogP contribution >= 0.6 is 0 Å². The predicted octanol–water partition coefficient (Wildman–Crippen LogP) is 0.969. The van der Waals surface area contributed by atoms with Crippen molar-refractivity contribution in [3.8, 4) is 11.5 Å². The van der Waals surface area contributed by atoms with Crippen LogP contribution in [-0.4, -0.2) is 37.5 Å². The van der Waals surface area contributed by atoms with Gasteiger partial charge in [0.25, 0.3) is 0 Å². The third-order valence-electron chi connectivity index (χ3n) is 3.04. The van der Waals surface area contributed by atoms with Crippen molar-refractivity contribution in [3.63, 3.8) is 0 Å². The highest BCUT2D eigenvalue weighted by molar-refractivity contribution is 5.43. The number of β-amino-alcohol motifs (C(OH)–C–C–N with tert-alkyl or cyclic N) is 1. The van der Waals surface area contributed by atoms with Gasteiger partial charge in [-0.2, -0.15) is 0 Å². The van der Waals surface area contributed by atoms with Gasteiger partial charge in [0, 0.05) is 13.1 Å². The summed E-state index contributed by atoms with van der Waals surface area (Å²) < 4.78 is 11.1. The summed E-state index contributed by atoms with van der Waals surface area (Å²) in [5, 5.41) is 12.8. The lowest BCUT2D eigenvalue weighted by Crippen LogP contribution is -2.29. The molecule has 0 aromatic heterocycles. The quantitative estimate of drug-likeness (QED) is 0.819. The summed E-state index contributed by atoms with van der Waals surface area (Å²) in [6.07, 6.45) is 0.312. The van der Waals surface area contributed by atoms with Crippen LogP contribution in [0.3, 0.4) is 0 Å². The molecule has 0 saturated carbocycles. The van der Waals surface area contributed by atoms with Gasteiger partial charge in [-0.1, -0.05) is 13.0 Å². The van der Waals surface area contributed by atoms with Gasteiger partial charge in [-0.3, -0.25) is 0 Å². The van der Waals surface area contributed by atoms with Gasteiger partial charge in [0.1, 0.15) is 12.2 Å². The summed E-state index contributed by atoms with van der Waals surface area (Å²) in [5.74, 6) is 1.42. The molecule has 1 aromatic carbocycles. The first-order valence-corrected chi connectivity index (χ1v) is 5.97. The lowest BCUT2D eigenvalue weighted by Gasteiger charge is -2.18. The Hall–Kier alpha value is -1.26. The van der Waals surface area contributed by atoms with Crippen LogP contribution < -0.4 is 14.8 Å². The Bertz CT molecular complexity index is 381. The molecular weight excluding hydrogens is 218 g/mol. The molecule has 94 valence electrons. The zero-order valence-corrected chi connectivity index (χ0v) is 10.3. The van der Waals surface area contributed by atoms with Crippen LogP contribution in [0.2, 0.25) is 0 Å². The molecule has 1 heterocycles. The maximum Gasteiger partial charge on any atom is 0.161 e. The normalized spacial score (nSPS) is 23.7. The highest BCUT2D eigenvalue weighted by atomic mass is 16.5. The van der Waals surface area contributed by atoms with Crippen LogP contribution in [0.5, 0.6) is 11.5 Å². The van der Waals surface area contributed by atoms with Gasteiger partial charge in [-0.25, -0.2) is 0 Å². The van der Waals surface area contributed by atoms with Gasteiger partial charge in [-0.15, -0.1) is 0 Å². The largest absolute Gasteiger partial charge is 0.493 e. The molecule has 1 fully saturated rings. The Kier molecular flexibility index (Phi) is 3.86. The molecule has 1 aliphatic rings. The molecule has 4 nitrogen and oxygen atoms in total. The fourth-order valence-electron chi connectivity index (χ4n) is 1.95. The van der Waals surface area contributed by atoms with E-state index in [1.54, 1.807) is 7.11 Å². The number of ether oxygens (including phenoxy) is 2. The maximum absolute atomic E-state index is 9.69. The molecule has 1 aliphatic heterocycles. The van der Waals surface area contributed by atoms with Gasteiger partial charge in [0.15, 0.2) is 11.5 Å².